The summed E-state index contributed by atoms with van der Waals surface area (Å²) in [6.07, 6.45) is 2.84. The molecule has 0 fully saturated rings. The number of hydrogen-bond donors (Lipinski definition) is 0. The predicted molar refractivity (Wildman–Crippen MR) is 63.8 cm³/mol. The lowest BCUT2D eigenvalue weighted by molar-refractivity contribution is 1.04. The largest absolute Gasteiger partial charge is 0.261 e. The lowest BCUT2D eigenvalue weighted by atomic mass is 9.98. The van der Waals surface area contributed by atoms with Crippen LogP contribution in [0.25, 0.3) is 11.1 Å². The molecule has 0 atom stereocenters. The van der Waals surface area contributed by atoms with Gasteiger partial charge in [-0.05, 0) is 30.5 Å². The minimum Gasteiger partial charge on any atom is -0.261 e. The van der Waals surface area contributed by atoms with Crippen molar-refractivity contribution in [2.24, 2.45) is 0 Å². The van der Waals surface area contributed by atoms with Crippen molar-refractivity contribution in [3.8, 4) is 11.1 Å². The number of aryl methyl sites for hydroxylation is 2. The van der Waals surface area contributed by atoms with Crippen molar-refractivity contribution in [1.82, 2.24) is 4.98 Å². The summed E-state index contributed by atoms with van der Waals surface area (Å²) in [7, 11) is 0. The van der Waals surface area contributed by atoms with Crippen LogP contribution < -0.4 is 0 Å². The third-order valence-corrected chi connectivity index (χ3v) is 2.66. The first-order valence-corrected chi connectivity index (χ1v) is 5.33. The monoisotopic (exact) mass is 197 g/mol. The number of pyridine rings is 1. The maximum atomic E-state index is 4.41. The molecule has 0 amide bonds. The second-order valence-electron chi connectivity index (χ2n) is 3.67. The molecule has 0 radical (unpaired) electrons. The standard InChI is InChI=1S/C14H15N/c1-3-14-13(9-6-10-15-14)12-8-5-4-7-11(12)2/h4-10H,3H2,1-2H3. The summed E-state index contributed by atoms with van der Waals surface area (Å²) in [4.78, 5) is 4.41. The van der Waals surface area contributed by atoms with Crippen molar-refractivity contribution >= 4 is 0 Å². The van der Waals surface area contributed by atoms with Gasteiger partial charge in [0.05, 0.1) is 0 Å². The van der Waals surface area contributed by atoms with Crippen molar-refractivity contribution in [3.63, 3.8) is 0 Å². The van der Waals surface area contributed by atoms with E-state index in [1.54, 1.807) is 0 Å². The van der Waals surface area contributed by atoms with Gasteiger partial charge in [-0.25, -0.2) is 0 Å². The Balaban J connectivity index is 2.59. The van der Waals surface area contributed by atoms with Crippen LogP contribution in [0.1, 0.15) is 18.2 Å². The molecule has 1 heteroatoms. The van der Waals surface area contributed by atoms with Crippen LogP contribution in [0.4, 0.5) is 0 Å². The van der Waals surface area contributed by atoms with Crippen LogP contribution in [0, 0.1) is 6.92 Å². The van der Waals surface area contributed by atoms with E-state index in [4.69, 9.17) is 0 Å². The van der Waals surface area contributed by atoms with Gasteiger partial charge in [0.15, 0.2) is 0 Å². The summed E-state index contributed by atoms with van der Waals surface area (Å²) < 4.78 is 0. The van der Waals surface area contributed by atoms with Gasteiger partial charge < -0.3 is 0 Å². The molecule has 0 aliphatic heterocycles. The fraction of sp³-hybridized carbons (Fsp3) is 0.214. The van der Waals surface area contributed by atoms with E-state index in [1.807, 2.05) is 12.3 Å². The lowest BCUT2D eigenvalue weighted by Gasteiger charge is -2.09. The third-order valence-electron chi connectivity index (χ3n) is 2.66. The SMILES string of the molecule is CCc1ncccc1-c1ccccc1C. The molecule has 2 rings (SSSR count). The smallest absolute Gasteiger partial charge is 0.0479 e. The fourth-order valence-electron chi connectivity index (χ4n) is 1.84. The first-order valence-electron chi connectivity index (χ1n) is 5.33. The molecule has 1 heterocycles. The number of hydrogen-bond acceptors (Lipinski definition) is 1. The van der Waals surface area contributed by atoms with Crippen LogP contribution in [0.15, 0.2) is 42.6 Å². The molecule has 0 saturated carbocycles. The predicted octanol–water partition coefficient (Wildman–Crippen LogP) is 3.62. The molecule has 2 aromatic rings. The van der Waals surface area contributed by atoms with Crippen molar-refractivity contribution in [2.45, 2.75) is 20.3 Å². The molecule has 1 nitrogen and oxygen atoms in total. The van der Waals surface area contributed by atoms with Crippen molar-refractivity contribution < 1.29 is 0 Å². The van der Waals surface area contributed by atoms with Gasteiger partial charge in [-0.3, -0.25) is 4.98 Å². The maximum Gasteiger partial charge on any atom is 0.0479 e. The van der Waals surface area contributed by atoms with Gasteiger partial charge in [0.1, 0.15) is 0 Å². The minimum absolute atomic E-state index is 0.977. The van der Waals surface area contributed by atoms with E-state index >= 15 is 0 Å². The highest BCUT2D eigenvalue weighted by Gasteiger charge is 2.05. The Morgan fingerprint density at radius 1 is 1.00 bits per heavy atom. The summed E-state index contributed by atoms with van der Waals surface area (Å²) in [6, 6.07) is 12.6. The fourth-order valence-corrected chi connectivity index (χ4v) is 1.84. The molecular formula is C14H15N. The van der Waals surface area contributed by atoms with Gasteiger partial charge in [-0.15, -0.1) is 0 Å². The Bertz CT molecular complexity index is 460. The van der Waals surface area contributed by atoms with Crippen LogP contribution in [0.3, 0.4) is 0 Å². The quantitative estimate of drug-likeness (QED) is 0.716. The minimum atomic E-state index is 0.977. The molecule has 0 unspecified atom stereocenters. The molecule has 76 valence electrons. The molecule has 0 spiro atoms. The molecule has 1 aromatic heterocycles. The highest BCUT2D eigenvalue weighted by Crippen LogP contribution is 2.25. The van der Waals surface area contributed by atoms with E-state index in [2.05, 4.69) is 49.2 Å². The Labute approximate surface area is 90.8 Å². The lowest BCUT2D eigenvalue weighted by Crippen LogP contribution is -1.92. The summed E-state index contributed by atoms with van der Waals surface area (Å²) in [5, 5.41) is 0. The summed E-state index contributed by atoms with van der Waals surface area (Å²) in [6.45, 7) is 4.28. The zero-order valence-electron chi connectivity index (χ0n) is 9.20. The van der Waals surface area contributed by atoms with E-state index in [0.717, 1.165) is 6.42 Å². The van der Waals surface area contributed by atoms with Gasteiger partial charge in [0.2, 0.25) is 0 Å². The van der Waals surface area contributed by atoms with E-state index in [9.17, 15) is 0 Å². The van der Waals surface area contributed by atoms with Gasteiger partial charge in [0.25, 0.3) is 0 Å². The number of aromatic nitrogens is 1. The van der Waals surface area contributed by atoms with Crippen LogP contribution in [0.5, 0.6) is 0 Å². The highest BCUT2D eigenvalue weighted by atomic mass is 14.7. The zero-order chi connectivity index (χ0) is 10.7. The third kappa shape index (κ3) is 1.91. The Kier molecular flexibility index (Phi) is 2.82. The topological polar surface area (TPSA) is 12.9 Å². The Hall–Kier alpha value is -1.63. The normalized spacial score (nSPS) is 10.3. The van der Waals surface area contributed by atoms with Crippen molar-refractivity contribution in [3.05, 3.63) is 53.9 Å². The van der Waals surface area contributed by atoms with Crippen LogP contribution in [-0.2, 0) is 6.42 Å². The number of rotatable bonds is 2. The average Bonchev–Trinajstić information content (AvgIpc) is 2.30. The highest BCUT2D eigenvalue weighted by molar-refractivity contribution is 5.69. The second-order valence-corrected chi connectivity index (χ2v) is 3.67. The Morgan fingerprint density at radius 2 is 1.73 bits per heavy atom. The van der Waals surface area contributed by atoms with Gasteiger partial charge in [0, 0.05) is 17.5 Å². The molecular weight excluding hydrogens is 182 g/mol. The van der Waals surface area contributed by atoms with Gasteiger partial charge >= 0.3 is 0 Å². The zero-order valence-corrected chi connectivity index (χ0v) is 9.20. The van der Waals surface area contributed by atoms with Gasteiger partial charge in [-0.1, -0.05) is 37.3 Å². The molecule has 0 saturated heterocycles. The molecule has 15 heavy (non-hydrogen) atoms. The van der Waals surface area contributed by atoms with Crippen molar-refractivity contribution in [1.29, 1.82) is 0 Å². The van der Waals surface area contributed by atoms with E-state index in [0.29, 0.717) is 0 Å². The number of nitrogens with zero attached hydrogens (tertiary/aromatic N) is 1. The number of benzene rings is 1. The summed E-state index contributed by atoms with van der Waals surface area (Å²) in [5.41, 5.74) is 5.03. The van der Waals surface area contributed by atoms with E-state index in [1.165, 1.54) is 22.4 Å². The second kappa shape index (κ2) is 4.26. The molecule has 0 N–H and O–H groups in total. The molecule has 0 aliphatic rings. The Morgan fingerprint density at radius 3 is 2.47 bits per heavy atom. The first kappa shape index (κ1) is 9.91. The van der Waals surface area contributed by atoms with Crippen LogP contribution >= 0.6 is 0 Å². The average molecular weight is 197 g/mol. The van der Waals surface area contributed by atoms with Crippen molar-refractivity contribution in [2.75, 3.05) is 0 Å². The first-order chi connectivity index (χ1) is 7.33. The molecule has 0 aliphatic carbocycles. The van der Waals surface area contributed by atoms with Crippen LogP contribution in [-0.4, -0.2) is 4.98 Å². The van der Waals surface area contributed by atoms with E-state index < -0.39 is 0 Å². The molecule has 1 aromatic carbocycles. The molecule has 0 bridgehead atoms. The van der Waals surface area contributed by atoms with E-state index in [-0.39, 0.29) is 0 Å². The summed E-state index contributed by atoms with van der Waals surface area (Å²) in [5.74, 6) is 0. The van der Waals surface area contributed by atoms with Crippen LogP contribution in [0.2, 0.25) is 0 Å². The maximum absolute atomic E-state index is 4.41. The summed E-state index contributed by atoms with van der Waals surface area (Å²) >= 11 is 0. The van der Waals surface area contributed by atoms with Gasteiger partial charge in [-0.2, -0.15) is 0 Å².